The van der Waals surface area contributed by atoms with E-state index in [1.807, 2.05) is 18.2 Å². The molecule has 0 saturated heterocycles. The lowest BCUT2D eigenvalue weighted by atomic mass is 9.42. The lowest BCUT2D eigenvalue weighted by Gasteiger charge is -2.63. The van der Waals surface area contributed by atoms with Crippen molar-refractivity contribution in [1.29, 1.82) is 0 Å². The zero-order valence-corrected chi connectivity index (χ0v) is 29.9. The third-order valence-electron chi connectivity index (χ3n) is 13.3. The van der Waals surface area contributed by atoms with Crippen LogP contribution in [0.1, 0.15) is 43.2 Å². The fraction of sp³-hybridized carbons (Fsp3) is 0.204. The smallest absolute Gasteiger partial charge is 0.164 e. The Hall–Kier alpha value is -6.07. The molecule has 1 aliphatic heterocycles. The second kappa shape index (κ2) is 11.5. The van der Waals surface area contributed by atoms with Crippen molar-refractivity contribution in [2.45, 2.75) is 37.5 Å². The molecule has 8 aromatic rings. The Morgan fingerprint density at radius 2 is 1.02 bits per heavy atom. The number of nitrogens with zero attached hydrogens (tertiary/aromatic N) is 4. The van der Waals surface area contributed by atoms with Gasteiger partial charge in [-0.3, -0.25) is 0 Å². The van der Waals surface area contributed by atoms with E-state index in [4.69, 9.17) is 19.7 Å². The van der Waals surface area contributed by atoms with E-state index in [1.165, 1.54) is 65.0 Å². The molecular weight excluding hydrogens is 661 g/mol. The van der Waals surface area contributed by atoms with Gasteiger partial charge in [-0.25, -0.2) is 15.0 Å². The number of ether oxygens (including phenoxy) is 1. The average molecular weight is 699 g/mol. The Kier molecular flexibility index (Phi) is 6.45. The van der Waals surface area contributed by atoms with Crippen LogP contribution in [-0.4, -0.2) is 19.5 Å². The van der Waals surface area contributed by atoms with Crippen molar-refractivity contribution in [2.75, 3.05) is 0 Å². The zero-order valence-electron chi connectivity index (χ0n) is 29.9. The molecule has 54 heavy (non-hydrogen) atoms. The minimum atomic E-state index is 0.00281. The highest BCUT2D eigenvalue weighted by molar-refractivity contribution is 6.09. The Balaban J connectivity index is 1.02. The number of aromatic nitrogens is 4. The highest BCUT2D eigenvalue weighted by Crippen LogP contribution is 2.68. The van der Waals surface area contributed by atoms with Crippen LogP contribution in [0.5, 0.6) is 11.5 Å². The van der Waals surface area contributed by atoms with Gasteiger partial charge in [0, 0.05) is 49.7 Å². The van der Waals surface area contributed by atoms with Crippen molar-refractivity contribution in [1.82, 2.24) is 19.5 Å². The van der Waals surface area contributed by atoms with E-state index in [2.05, 4.69) is 132 Å². The number of hydrogen-bond acceptors (Lipinski definition) is 4. The van der Waals surface area contributed by atoms with Crippen molar-refractivity contribution in [3.8, 4) is 51.3 Å². The Labute approximate surface area is 314 Å². The molecule has 5 heteroatoms. The summed E-state index contributed by atoms with van der Waals surface area (Å²) in [6.45, 7) is 0. The molecule has 0 unspecified atom stereocenters. The van der Waals surface area contributed by atoms with Gasteiger partial charge in [0.1, 0.15) is 11.5 Å². The van der Waals surface area contributed by atoms with Crippen LogP contribution in [0.4, 0.5) is 0 Å². The van der Waals surface area contributed by atoms with Crippen LogP contribution in [0.15, 0.2) is 146 Å². The molecule has 4 fully saturated rings. The molecule has 1 spiro atoms. The summed E-state index contributed by atoms with van der Waals surface area (Å²) < 4.78 is 9.19. The first-order valence-electron chi connectivity index (χ1n) is 19.5. The topological polar surface area (TPSA) is 52.8 Å². The first-order valence-corrected chi connectivity index (χ1v) is 19.5. The summed E-state index contributed by atoms with van der Waals surface area (Å²) in [7, 11) is 0. The summed E-state index contributed by atoms with van der Waals surface area (Å²) in [6, 6.07) is 51.7. The van der Waals surface area contributed by atoms with Gasteiger partial charge < -0.3 is 9.30 Å². The summed E-state index contributed by atoms with van der Waals surface area (Å²) in [5.74, 6) is 6.96. The Morgan fingerprint density at radius 3 is 1.72 bits per heavy atom. The van der Waals surface area contributed by atoms with E-state index in [0.717, 1.165) is 45.7 Å². The van der Waals surface area contributed by atoms with E-state index < -0.39 is 0 Å². The van der Waals surface area contributed by atoms with Crippen molar-refractivity contribution in [3.05, 3.63) is 157 Å². The maximum Gasteiger partial charge on any atom is 0.164 e. The minimum Gasteiger partial charge on any atom is -0.457 e. The molecule has 0 radical (unpaired) electrons. The maximum absolute atomic E-state index is 6.85. The molecule has 5 nitrogen and oxygen atoms in total. The standard InChI is InChI=1S/C49H38N4O/c1-2-11-32(12-3-1)46-50-47(33-13-10-14-37(28-33)53-42-18-7-4-15-38(42)39-16-5-8-19-43(39)53)52-48(51-46)34-21-22-41-45(29-34)54-44-20-9-6-17-40(44)49(41)35-24-30-23-31(26-35)27-36(49)25-30/h1-22,28-31,35-36H,23-27H2. The lowest BCUT2D eigenvalue weighted by Crippen LogP contribution is -2.56. The molecule has 13 rings (SSSR count). The SMILES string of the molecule is c1ccc(-c2nc(-c3cccc(-n4c5ccccc5c5ccccc54)c3)nc(-c3ccc4c(c3)Oc3ccccc3C43C4CC5CC(C4)CC3C5)n2)cc1. The molecule has 260 valence electrons. The third kappa shape index (κ3) is 4.35. The second-order valence-electron chi connectivity index (χ2n) is 16.1. The highest BCUT2D eigenvalue weighted by Gasteiger charge is 2.61. The molecule has 6 aromatic carbocycles. The predicted octanol–water partition coefficient (Wildman–Crippen LogP) is 11.8. The number of rotatable bonds is 4. The number of para-hydroxylation sites is 3. The van der Waals surface area contributed by atoms with Gasteiger partial charge in [-0.2, -0.15) is 0 Å². The summed E-state index contributed by atoms with van der Waals surface area (Å²) in [5, 5.41) is 2.47. The largest absolute Gasteiger partial charge is 0.457 e. The van der Waals surface area contributed by atoms with Gasteiger partial charge in [0.25, 0.3) is 0 Å². The Bertz CT molecular complexity index is 2700. The molecule has 3 heterocycles. The second-order valence-corrected chi connectivity index (χ2v) is 16.1. The van der Waals surface area contributed by atoms with Gasteiger partial charge in [0.05, 0.1) is 11.0 Å². The van der Waals surface area contributed by atoms with E-state index in [-0.39, 0.29) is 5.41 Å². The highest BCUT2D eigenvalue weighted by atomic mass is 16.5. The normalized spacial score (nSPS) is 23.4. The van der Waals surface area contributed by atoms with Crippen molar-refractivity contribution >= 4 is 21.8 Å². The third-order valence-corrected chi connectivity index (χ3v) is 13.3. The molecule has 4 saturated carbocycles. The summed E-state index contributed by atoms with van der Waals surface area (Å²) in [6.07, 6.45) is 6.74. The van der Waals surface area contributed by atoms with Crippen LogP contribution in [0, 0.1) is 23.7 Å². The zero-order chi connectivity index (χ0) is 35.4. The minimum absolute atomic E-state index is 0.00281. The molecule has 5 aliphatic rings. The van der Waals surface area contributed by atoms with Gasteiger partial charge in [-0.1, -0.05) is 109 Å². The lowest BCUT2D eigenvalue weighted by molar-refractivity contribution is -0.0452. The molecule has 0 atom stereocenters. The first kappa shape index (κ1) is 30.4. The monoisotopic (exact) mass is 698 g/mol. The van der Waals surface area contributed by atoms with Crippen molar-refractivity contribution < 1.29 is 4.74 Å². The predicted molar refractivity (Wildman–Crippen MR) is 215 cm³/mol. The van der Waals surface area contributed by atoms with Crippen LogP contribution >= 0.6 is 0 Å². The molecular formula is C49H38N4O. The van der Waals surface area contributed by atoms with Gasteiger partial charge in [0.15, 0.2) is 17.5 Å². The molecule has 4 aliphatic carbocycles. The Morgan fingerprint density at radius 1 is 0.463 bits per heavy atom. The molecule has 4 bridgehead atoms. The van der Waals surface area contributed by atoms with Crippen LogP contribution in [-0.2, 0) is 5.41 Å². The number of benzene rings is 6. The van der Waals surface area contributed by atoms with Gasteiger partial charge in [0.2, 0.25) is 0 Å². The van der Waals surface area contributed by atoms with E-state index in [9.17, 15) is 0 Å². The van der Waals surface area contributed by atoms with Crippen LogP contribution in [0.2, 0.25) is 0 Å². The fourth-order valence-corrected chi connectivity index (χ4v) is 11.4. The first-order chi connectivity index (χ1) is 26.7. The fourth-order valence-electron chi connectivity index (χ4n) is 11.4. The van der Waals surface area contributed by atoms with Crippen molar-refractivity contribution in [3.63, 3.8) is 0 Å². The van der Waals surface area contributed by atoms with E-state index in [0.29, 0.717) is 29.3 Å². The van der Waals surface area contributed by atoms with Crippen molar-refractivity contribution in [2.24, 2.45) is 23.7 Å². The molecule has 2 aromatic heterocycles. The molecule has 0 amide bonds. The van der Waals surface area contributed by atoms with Gasteiger partial charge >= 0.3 is 0 Å². The summed E-state index contributed by atoms with van der Waals surface area (Å²) in [4.78, 5) is 15.5. The van der Waals surface area contributed by atoms with Gasteiger partial charge in [-0.05, 0) is 92.2 Å². The maximum atomic E-state index is 6.85. The number of fused-ring (bicyclic) bond motifs is 5. The molecule has 0 N–H and O–H groups in total. The van der Waals surface area contributed by atoms with Gasteiger partial charge in [-0.15, -0.1) is 0 Å². The van der Waals surface area contributed by atoms with Crippen LogP contribution < -0.4 is 4.74 Å². The summed E-state index contributed by atoms with van der Waals surface area (Å²) >= 11 is 0. The average Bonchev–Trinajstić information content (AvgIpc) is 3.56. The quantitative estimate of drug-likeness (QED) is 0.184. The van der Waals surface area contributed by atoms with E-state index in [1.54, 1.807) is 0 Å². The number of hydrogen-bond donors (Lipinski definition) is 0. The van der Waals surface area contributed by atoms with E-state index >= 15 is 0 Å². The summed E-state index contributed by atoms with van der Waals surface area (Å²) in [5.41, 5.74) is 8.99. The van der Waals surface area contributed by atoms with Crippen LogP contribution in [0.25, 0.3) is 61.7 Å². The van der Waals surface area contributed by atoms with Crippen LogP contribution in [0.3, 0.4) is 0 Å².